The number of ketones is 1. The molecule has 0 aliphatic heterocycles. The SMILES string of the molecule is CC(O)CC(O)C(O)CCC(=O)C(C)C. The molecule has 3 unspecified atom stereocenters. The van der Waals surface area contributed by atoms with E-state index in [9.17, 15) is 15.0 Å². The summed E-state index contributed by atoms with van der Waals surface area (Å²) in [6.45, 7) is 5.16. The van der Waals surface area contributed by atoms with Gasteiger partial charge in [0, 0.05) is 18.8 Å². The van der Waals surface area contributed by atoms with Crippen molar-refractivity contribution in [2.45, 2.75) is 58.3 Å². The fourth-order valence-corrected chi connectivity index (χ4v) is 1.28. The number of carbonyl (C=O) groups excluding carboxylic acids is 1. The van der Waals surface area contributed by atoms with E-state index in [-0.39, 0.29) is 31.0 Å². The van der Waals surface area contributed by atoms with E-state index in [1.807, 2.05) is 0 Å². The third kappa shape index (κ3) is 6.60. The average Bonchev–Trinajstić information content (AvgIpc) is 2.12. The van der Waals surface area contributed by atoms with Crippen molar-refractivity contribution in [2.75, 3.05) is 0 Å². The number of hydrogen-bond donors (Lipinski definition) is 3. The van der Waals surface area contributed by atoms with Crippen LogP contribution in [0.1, 0.15) is 40.0 Å². The molecule has 4 nitrogen and oxygen atoms in total. The highest BCUT2D eigenvalue weighted by Crippen LogP contribution is 2.10. The highest BCUT2D eigenvalue weighted by Gasteiger charge is 2.19. The largest absolute Gasteiger partial charge is 0.393 e. The number of carbonyl (C=O) groups is 1. The Kier molecular flexibility index (Phi) is 6.72. The Balaban J connectivity index is 3.82. The summed E-state index contributed by atoms with van der Waals surface area (Å²) in [6, 6.07) is 0. The second-order valence-electron chi connectivity index (χ2n) is 4.38. The molecule has 4 heteroatoms. The second kappa shape index (κ2) is 6.93. The molecule has 0 aromatic carbocycles. The predicted molar refractivity (Wildman–Crippen MR) is 57.4 cm³/mol. The van der Waals surface area contributed by atoms with E-state index in [2.05, 4.69) is 0 Å². The Morgan fingerprint density at radius 1 is 1.07 bits per heavy atom. The van der Waals surface area contributed by atoms with Crippen LogP contribution >= 0.6 is 0 Å². The molecule has 0 saturated carbocycles. The fourth-order valence-electron chi connectivity index (χ4n) is 1.28. The van der Waals surface area contributed by atoms with E-state index in [0.29, 0.717) is 0 Å². The lowest BCUT2D eigenvalue weighted by Gasteiger charge is -2.18. The Labute approximate surface area is 90.9 Å². The highest BCUT2D eigenvalue weighted by molar-refractivity contribution is 5.80. The van der Waals surface area contributed by atoms with Crippen molar-refractivity contribution < 1.29 is 20.1 Å². The van der Waals surface area contributed by atoms with Gasteiger partial charge >= 0.3 is 0 Å². The molecule has 0 fully saturated rings. The van der Waals surface area contributed by atoms with Crippen molar-refractivity contribution in [3.05, 3.63) is 0 Å². The molecule has 0 aliphatic rings. The van der Waals surface area contributed by atoms with Crippen molar-refractivity contribution >= 4 is 5.78 Å². The Morgan fingerprint density at radius 3 is 2.00 bits per heavy atom. The van der Waals surface area contributed by atoms with Crippen LogP contribution in [0.2, 0.25) is 0 Å². The van der Waals surface area contributed by atoms with Crippen LogP contribution in [0, 0.1) is 5.92 Å². The number of aliphatic hydroxyl groups excluding tert-OH is 3. The Morgan fingerprint density at radius 2 is 1.60 bits per heavy atom. The first kappa shape index (κ1) is 14.6. The molecule has 0 aromatic rings. The smallest absolute Gasteiger partial charge is 0.135 e. The van der Waals surface area contributed by atoms with Gasteiger partial charge in [0.15, 0.2) is 0 Å². The van der Waals surface area contributed by atoms with Gasteiger partial charge in [-0.05, 0) is 13.3 Å². The number of aliphatic hydroxyl groups is 3. The van der Waals surface area contributed by atoms with Crippen molar-refractivity contribution in [3.8, 4) is 0 Å². The minimum Gasteiger partial charge on any atom is -0.393 e. The van der Waals surface area contributed by atoms with Gasteiger partial charge in [0.25, 0.3) is 0 Å². The van der Waals surface area contributed by atoms with Gasteiger partial charge in [-0.3, -0.25) is 4.79 Å². The summed E-state index contributed by atoms with van der Waals surface area (Å²) in [5, 5.41) is 27.9. The van der Waals surface area contributed by atoms with Crippen molar-refractivity contribution in [1.29, 1.82) is 0 Å². The quantitative estimate of drug-likeness (QED) is 0.581. The first-order valence-corrected chi connectivity index (χ1v) is 5.41. The maximum Gasteiger partial charge on any atom is 0.135 e. The van der Waals surface area contributed by atoms with Gasteiger partial charge in [-0.1, -0.05) is 13.8 Å². The first-order chi connectivity index (χ1) is 6.84. The van der Waals surface area contributed by atoms with Crippen LogP contribution in [0.25, 0.3) is 0 Å². The van der Waals surface area contributed by atoms with Gasteiger partial charge < -0.3 is 15.3 Å². The zero-order valence-electron chi connectivity index (χ0n) is 9.68. The molecule has 0 radical (unpaired) electrons. The molecule has 0 aliphatic carbocycles. The topological polar surface area (TPSA) is 77.8 Å². The van der Waals surface area contributed by atoms with E-state index < -0.39 is 18.3 Å². The maximum absolute atomic E-state index is 11.2. The fraction of sp³-hybridized carbons (Fsp3) is 0.909. The van der Waals surface area contributed by atoms with E-state index >= 15 is 0 Å². The lowest BCUT2D eigenvalue weighted by molar-refractivity contribution is -0.122. The standard InChI is InChI=1S/C11H22O4/c1-7(2)9(13)4-5-10(14)11(15)6-8(3)12/h7-8,10-12,14-15H,4-6H2,1-3H3. The Hall–Kier alpha value is -0.450. The minimum atomic E-state index is -0.954. The molecule has 0 saturated heterocycles. The molecular weight excluding hydrogens is 196 g/mol. The van der Waals surface area contributed by atoms with Gasteiger partial charge in [0.05, 0.1) is 18.3 Å². The average molecular weight is 218 g/mol. The van der Waals surface area contributed by atoms with Crippen LogP contribution in [0.3, 0.4) is 0 Å². The van der Waals surface area contributed by atoms with Crippen LogP contribution in [0.5, 0.6) is 0 Å². The summed E-state index contributed by atoms with van der Waals surface area (Å²) in [4.78, 5) is 11.2. The third-order valence-corrected chi connectivity index (χ3v) is 2.36. The molecule has 0 aromatic heterocycles. The molecule has 15 heavy (non-hydrogen) atoms. The number of hydrogen-bond acceptors (Lipinski definition) is 4. The van der Waals surface area contributed by atoms with E-state index in [4.69, 9.17) is 5.11 Å². The summed E-state index contributed by atoms with van der Waals surface area (Å²) in [5.74, 6) is 0.0457. The zero-order valence-corrected chi connectivity index (χ0v) is 9.68. The maximum atomic E-state index is 11.2. The summed E-state index contributed by atoms with van der Waals surface area (Å²) < 4.78 is 0. The summed E-state index contributed by atoms with van der Waals surface area (Å²) in [6.07, 6.45) is -1.86. The molecule has 0 heterocycles. The van der Waals surface area contributed by atoms with Crippen molar-refractivity contribution in [3.63, 3.8) is 0 Å². The summed E-state index contributed by atoms with van der Waals surface area (Å²) >= 11 is 0. The van der Waals surface area contributed by atoms with E-state index in [0.717, 1.165) is 0 Å². The van der Waals surface area contributed by atoms with Crippen LogP contribution in [0.4, 0.5) is 0 Å². The summed E-state index contributed by atoms with van der Waals surface area (Å²) in [7, 11) is 0. The van der Waals surface area contributed by atoms with Crippen molar-refractivity contribution in [2.24, 2.45) is 5.92 Å². The monoisotopic (exact) mass is 218 g/mol. The second-order valence-corrected chi connectivity index (χ2v) is 4.38. The molecule has 0 amide bonds. The van der Waals surface area contributed by atoms with Crippen LogP contribution in [0.15, 0.2) is 0 Å². The summed E-state index contributed by atoms with van der Waals surface area (Å²) in [5.41, 5.74) is 0. The lowest BCUT2D eigenvalue weighted by Crippen LogP contribution is -2.30. The van der Waals surface area contributed by atoms with Crippen LogP contribution < -0.4 is 0 Å². The van der Waals surface area contributed by atoms with Gasteiger partial charge in [0.2, 0.25) is 0 Å². The van der Waals surface area contributed by atoms with Gasteiger partial charge in [-0.2, -0.15) is 0 Å². The lowest BCUT2D eigenvalue weighted by atomic mass is 9.98. The van der Waals surface area contributed by atoms with Crippen LogP contribution in [-0.4, -0.2) is 39.4 Å². The van der Waals surface area contributed by atoms with Gasteiger partial charge in [0.1, 0.15) is 5.78 Å². The molecule has 0 rings (SSSR count). The van der Waals surface area contributed by atoms with Gasteiger partial charge in [-0.15, -0.1) is 0 Å². The van der Waals surface area contributed by atoms with E-state index in [1.165, 1.54) is 0 Å². The van der Waals surface area contributed by atoms with Gasteiger partial charge in [-0.25, -0.2) is 0 Å². The first-order valence-electron chi connectivity index (χ1n) is 5.41. The zero-order chi connectivity index (χ0) is 12.0. The van der Waals surface area contributed by atoms with E-state index in [1.54, 1.807) is 20.8 Å². The molecular formula is C11H22O4. The highest BCUT2D eigenvalue weighted by atomic mass is 16.3. The molecule has 3 N–H and O–H groups in total. The Bertz CT molecular complexity index is 189. The van der Waals surface area contributed by atoms with Crippen molar-refractivity contribution in [1.82, 2.24) is 0 Å². The number of rotatable bonds is 7. The molecule has 0 bridgehead atoms. The number of Topliss-reactive ketones (excluding diaryl/α,β-unsaturated/α-hetero) is 1. The molecule has 3 atom stereocenters. The normalized spacial score (nSPS) is 17.5. The molecule has 90 valence electrons. The third-order valence-electron chi connectivity index (χ3n) is 2.36. The minimum absolute atomic E-state index is 0.0360. The van der Waals surface area contributed by atoms with Crippen LogP contribution in [-0.2, 0) is 4.79 Å². The molecule has 0 spiro atoms. The predicted octanol–water partition coefficient (Wildman–Crippen LogP) is 0.484.